The van der Waals surface area contributed by atoms with Gasteiger partial charge in [-0.15, -0.1) is 11.3 Å². The zero-order valence-corrected chi connectivity index (χ0v) is 11.6. The summed E-state index contributed by atoms with van der Waals surface area (Å²) in [5.41, 5.74) is 6.12. The minimum atomic E-state index is -0.696. The van der Waals surface area contributed by atoms with E-state index in [4.69, 9.17) is 10.2 Å². The smallest absolute Gasteiger partial charge is 0.395 e. The molecule has 0 aliphatic heterocycles. The fourth-order valence-electron chi connectivity index (χ4n) is 1.49. The Labute approximate surface area is 123 Å². The second kappa shape index (κ2) is 6.69. The molecule has 0 aliphatic rings. The highest BCUT2D eigenvalue weighted by Gasteiger charge is 2.17. The number of hydrogen-bond acceptors (Lipinski definition) is 6. The van der Waals surface area contributed by atoms with Crippen LogP contribution in [0.25, 0.3) is 0 Å². The predicted octanol–water partition coefficient (Wildman–Crippen LogP) is 1.49. The topological polar surface area (TPSA) is 111 Å². The Morgan fingerprint density at radius 1 is 1.52 bits per heavy atom. The van der Waals surface area contributed by atoms with Crippen molar-refractivity contribution in [2.75, 3.05) is 6.54 Å². The molecule has 2 aromatic rings. The molecule has 2 aromatic heterocycles. The van der Waals surface area contributed by atoms with Crippen LogP contribution in [0.3, 0.4) is 0 Å². The average Bonchev–Trinajstić information content (AvgIpc) is 3.11. The van der Waals surface area contributed by atoms with Crippen molar-refractivity contribution >= 4 is 23.1 Å². The van der Waals surface area contributed by atoms with Crippen LogP contribution in [0.15, 0.2) is 28.0 Å². The lowest BCUT2D eigenvalue weighted by molar-refractivity contribution is -0.402. The summed E-state index contributed by atoms with van der Waals surface area (Å²) in [6.07, 6.45) is 0. The van der Waals surface area contributed by atoms with E-state index in [9.17, 15) is 14.9 Å². The maximum absolute atomic E-state index is 11.8. The third kappa shape index (κ3) is 3.92. The normalized spacial score (nSPS) is 9.76. The molecular formula is C13H11N3O4S. The van der Waals surface area contributed by atoms with E-state index in [1.807, 2.05) is 11.4 Å². The van der Waals surface area contributed by atoms with Crippen LogP contribution < -0.4 is 11.1 Å². The maximum atomic E-state index is 11.8. The summed E-state index contributed by atoms with van der Waals surface area (Å²) in [6.45, 7) is 0.585. The van der Waals surface area contributed by atoms with Crippen LogP contribution in [-0.4, -0.2) is 17.4 Å². The first-order valence-corrected chi connectivity index (χ1v) is 6.77. The number of carbonyl (C=O) groups excluding carboxylic acids is 1. The van der Waals surface area contributed by atoms with Crippen LogP contribution in [0.5, 0.6) is 0 Å². The molecule has 2 heterocycles. The number of nitrogens with two attached hydrogens (primary N) is 1. The second-order valence-corrected chi connectivity index (χ2v) is 4.88. The van der Waals surface area contributed by atoms with Crippen LogP contribution in [0.2, 0.25) is 0 Å². The van der Waals surface area contributed by atoms with Crippen LogP contribution in [0, 0.1) is 22.0 Å². The summed E-state index contributed by atoms with van der Waals surface area (Å²) in [4.78, 5) is 22.4. The van der Waals surface area contributed by atoms with Gasteiger partial charge in [0.2, 0.25) is 0 Å². The van der Waals surface area contributed by atoms with Gasteiger partial charge in [0.05, 0.1) is 19.2 Å². The molecule has 21 heavy (non-hydrogen) atoms. The molecule has 1 amide bonds. The average molecular weight is 305 g/mol. The number of amides is 1. The first-order chi connectivity index (χ1) is 10.1. The summed E-state index contributed by atoms with van der Waals surface area (Å²) >= 11 is 1.45. The molecule has 2 rings (SSSR count). The van der Waals surface area contributed by atoms with Gasteiger partial charge in [-0.05, 0) is 12.1 Å². The van der Waals surface area contributed by atoms with Gasteiger partial charge >= 0.3 is 5.88 Å². The Bertz CT molecular complexity index is 723. The summed E-state index contributed by atoms with van der Waals surface area (Å²) < 4.78 is 4.81. The molecule has 0 fully saturated rings. The third-order valence-corrected chi connectivity index (χ3v) is 3.34. The largest absolute Gasteiger partial charge is 0.433 e. The molecule has 0 atom stereocenters. The van der Waals surface area contributed by atoms with Crippen LogP contribution in [0.4, 0.5) is 5.88 Å². The van der Waals surface area contributed by atoms with Gasteiger partial charge in [-0.1, -0.05) is 11.8 Å². The number of carbonyl (C=O) groups is 1. The zero-order valence-electron chi connectivity index (χ0n) is 10.8. The number of thiophene rings is 1. The van der Waals surface area contributed by atoms with E-state index < -0.39 is 16.7 Å². The lowest BCUT2D eigenvalue weighted by Crippen LogP contribution is -2.21. The number of rotatable bonds is 4. The molecule has 0 unspecified atom stereocenters. The van der Waals surface area contributed by atoms with Crippen molar-refractivity contribution in [3.8, 4) is 11.8 Å². The van der Waals surface area contributed by atoms with Crippen molar-refractivity contribution in [1.82, 2.24) is 5.32 Å². The molecule has 0 saturated carbocycles. The molecular weight excluding hydrogens is 294 g/mol. The SMILES string of the molecule is NCC#Cc1csc(CNC(=O)c2ccc([N+](=O)[O-])o2)c1. The molecule has 0 aliphatic carbocycles. The Morgan fingerprint density at radius 3 is 3.00 bits per heavy atom. The number of nitrogens with zero attached hydrogens (tertiary/aromatic N) is 1. The molecule has 108 valence electrons. The summed E-state index contributed by atoms with van der Waals surface area (Å²) in [6, 6.07) is 4.25. The van der Waals surface area contributed by atoms with Gasteiger partial charge in [0.15, 0.2) is 5.76 Å². The summed E-state index contributed by atoms with van der Waals surface area (Å²) in [5, 5.41) is 14.9. The Morgan fingerprint density at radius 2 is 2.33 bits per heavy atom. The summed E-state index contributed by atoms with van der Waals surface area (Å²) in [7, 11) is 0. The molecule has 0 radical (unpaired) electrons. The molecule has 3 N–H and O–H groups in total. The zero-order chi connectivity index (χ0) is 15.2. The summed E-state index contributed by atoms with van der Waals surface area (Å²) in [5.74, 6) is 4.56. The molecule has 0 saturated heterocycles. The van der Waals surface area contributed by atoms with Gasteiger partial charge in [0, 0.05) is 15.8 Å². The monoisotopic (exact) mass is 305 g/mol. The molecule has 0 aromatic carbocycles. The molecule has 0 bridgehead atoms. The van der Waals surface area contributed by atoms with Crippen molar-refractivity contribution in [2.45, 2.75) is 6.54 Å². The van der Waals surface area contributed by atoms with E-state index in [2.05, 4.69) is 17.2 Å². The van der Waals surface area contributed by atoms with Gasteiger partial charge < -0.3 is 15.5 Å². The standard InChI is InChI=1S/C13H11N3O4S/c14-5-1-2-9-6-10(21-8-9)7-15-13(17)11-3-4-12(20-11)16(18)19/h3-4,6,8H,5,7,14H2,(H,15,17). The van der Waals surface area contributed by atoms with Crippen molar-refractivity contribution in [2.24, 2.45) is 5.73 Å². The van der Waals surface area contributed by atoms with E-state index >= 15 is 0 Å². The highest BCUT2D eigenvalue weighted by Crippen LogP contribution is 2.16. The van der Waals surface area contributed by atoms with Crippen LogP contribution in [0.1, 0.15) is 21.0 Å². The van der Waals surface area contributed by atoms with Crippen molar-refractivity contribution in [3.63, 3.8) is 0 Å². The fraction of sp³-hybridized carbons (Fsp3) is 0.154. The van der Waals surface area contributed by atoms with E-state index in [-0.39, 0.29) is 5.76 Å². The lowest BCUT2D eigenvalue weighted by Gasteiger charge is -1.99. The van der Waals surface area contributed by atoms with Gasteiger partial charge in [-0.2, -0.15) is 0 Å². The Balaban J connectivity index is 1.94. The van der Waals surface area contributed by atoms with Crippen LogP contribution >= 0.6 is 11.3 Å². The quantitative estimate of drug-likeness (QED) is 0.505. The highest BCUT2D eigenvalue weighted by molar-refractivity contribution is 7.10. The van der Waals surface area contributed by atoms with E-state index in [0.717, 1.165) is 16.5 Å². The number of hydrogen-bond donors (Lipinski definition) is 2. The first kappa shape index (κ1) is 14.8. The van der Waals surface area contributed by atoms with E-state index in [1.54, 1.807) is 0 Å². The van der Waals surface area contributed by atoms with Crippen LogP contribution in [-0.2, 0) is 6.54 Å². The Kier molecular flexibility index (Phi) is 4.71. The maximum Gasteiger partial charge on any atom is 0.433 e. The van der Waals surface area contributed by atoms with E-state index in [1.165, 1.54) is 17.4 Å². The highest BCUT2D eigenvalue weighted by atomic mass is 32.1. The van der Waals surface area contributed by atoms with E-state index in [0.29, 0.717) is 13.1 Å². The second-order valence-electron chi connectivity index (χ2n) is 3.89. The lowest BCUT2D eigenvalue weighted by atomic mass is 10.3. The Hall–Kier alpha value is -2.63. The first-order valence-electron chi connectivity index (χ1n) is 5.89. The van der Waals surface area contributed by atoms with Gasteiger partial charge in [-0.3, -0.25) is 14.9 Å². The number of furan rings is 1. The van der Waals surface area contributed by atoms with Crippen molar-refractivity contribution < 1.29 is 14.1 Å². The third-order valence-electron chi connectivity index (χ3n) is 2.41. The minimum Gasteiger partial charge on any atom is -0.395 e. The van der Waals surface area contributed by atoms with Gasteiger partial charge in [0.1, 0.15) is 4.92 Å². The van der Waals surface area contributed by atoms with Gasteiger partial charge in [-0.25, -0.2) is 0 Å². The van der Waals surface area contributed by atoms with Crippen molar-refractivity contribution in [3.05, 3.63) is 49.9 Å². The number of nitrogens with one attached hydrogen (secondary N) is 1. The molecule has 0 spiro atoms. The predicted molar refractivity (Wildman–Crippen MR) is 76.8 cm³/mol. The van der Waals surface area contributed by atoms with Gasteiger partial charge in [0.25, 0.3) is 5.91 Å². The minimum absolute atomic E-state index is 0.0959. The number of nitro groups is 1. The molecule has 7 nitrogen and oxygen atoms in total. The fourth-order valence-corrected chi connectivity index (χ4v) is 2.25. The molecule has 8 heteroatoms. The van der Waals surface area contributed by atoms with Crippen molar-refractivity contribution in [1.29, 1.82) is 0 Å².